The third-order valence-corrected chi connectivity index (χ3v) is 5.12. The maximum Gasteiger partial charge on any atom is 0.197 e. The summed E-state index contributed by atoms with van der Waals surface area (Å²) in [6.07, 6.45) is 6.94. The first-order chi connectivity index (χ1) is 12.3. The Morgan fingerprint density at radius 3 is 3.00 bits per heavy atom. The molecular weight excluding hydrogens is 314 g/mol. The lowest BCUT2D eigenvalue weighted by molar-refractivity contribution is 0.240. The standard InChI is InChI=1S/C20H19N3O2/c24-19-15(12-25-18-4-2-1-3-16(18)19)11-23-8-7-17-14(10-23)9-21-20(22-17)13-5-6-13/h1-4,9,12-13H,5-8,10-11H2. The van der Waals surface area contributed by atoms with Gasteiger partial charge in [-0.15, -0.1) is 0 Å². The summed E-state index contributed by atoms with van der Waals surface area (Å²) < 4.78 is 5.63. The number of para-hydroxylation sites is 1. The van der Waals surface area contributed by atoms with Gasteiger partial charge in [-0.3, -0.25) is 9.69 Å². The zero-order valence-electron chi connectivity index (χ0n) is 13.9. The Bertz CT molecular complexity index is 1010. The van der Waals surface area contributed by atoms with Crippen LogP contribution >= 0.6 is 0 Å². The molecule has 0 unspecified atom stereocenters. The van der Waals surface area contributed by atoms with Gasteiger partial charge in [-0.2, -0.15) is 0 Å². The number of aromatic nitrogens is 2. The number of hydrogen-bond donors (Lipinski definition) is 0. The second kappa shape index (κ2) is 5.77. The summed E-state index contributed by atoms with van der Waals surface area (Å²) in [5.74, 6) is 1.60. The fourth-order valence-corrected chi connectivity index (χ4v) is 3.53. The number of nitrogens with zero attached hydrogens (tertiary/aromatic N) is 3. The molecular formula is C20H19N3O2. The van der Waals surface area contributed by atoms with Gasteiger partial charge in [-0.1, -0.05) is 12.1 Å². The molecule has 1 aliphatic carbocycles. The van der Waals surface area contributed by atoms with Crippen LogP contribution in [-0.2, 0) is 19.5 Å². The molecule has 0 spiro atoms. The molecule has 2 aromatic heterocycles. The van der Waals surface area contributed by atoms with Gasteiger partial charge >= 0.3 is 0 Å². The minimum Gasteiger partial charge on any atom is -0.464 e. The second-order valence-corrected chi connectivity index (χ2v) is 7.02. The molecule has 1 fully saturated rings. The lowest BCUT2D eigenvalue weighted by atomic mass is 10.1. The van der Waals surface area contributed by atoms with Crippen LogP contribution in [0.15, 0.2) is 45.9 Å². The Morgan fingerprint density at radius 1 is 1.24 bits per heavy atom. The highest BCUT2D eigenvalue weighted by atomic mass is 16.3. The molecule has 126 valence electrons. The quantitative estimate of drug-likeness (QED) is 0.737. The molecule has 0 saturated heterocycles. The number of rotatable bonds is 3. The van der Waals surface area contributed by atoms with Crippen molar-refractivity contribution >= 4 is 11.0 Å². The fourth-order valence-electron chi connectivity index (χ4n) is 3.53. The minimum absolute atomic E-state index is 0.0629. The van der Waals surface area contributed by atoms with Crippen molar-refractivity contribution in [1.29, 1.82) is 0 Å². The van der Waals surface area contributed by atoms with E-state index in [0.717, 1.165) is 25.3 Å². The van der Waals surface area contributed by atoms with E-state index < -0.39 is 0 Å². The fraction of sp³-hybridized carbons (Fsp3) is 0.350. The smallest absolute Gasteiger partial charge is 0.197 e. The van der Waals surface area contributed by atoms with Crippen molar-refractivity contribution in [3.05, 3.63) is 69.6 Å². The molecule has 5 heteroatoms. The van der Waals surface area contributed by atoms with E-state index in [1.165, 1.54) is 24.1 Å². The van der Waals surface area contributed by atoms with Crippen LogP contribution in [0.4, 0.5) is 0 Å². The van der Waals surface area contributed by atoms with Crippen LogP contribution in [0.1, 0.15) is 41.4 Å². The van der Waals surface area contributed by atoms with E-state index >= 15 is 0 Å². The van der Waals surface area contributed by atoms with E-state index in [2.05, 4.69) is 9.88 Å². The average molecular weight is 333 g/mol. The SMILES string of the molecule is O=c1c(CN2CCc3nc(C4CC4)ncc3C2)coc2ccccc12. The topological polar surface area (TPSA) is 59.2 Å². The Labute approximate surface area is 145 Å². The molecule has 0 N–H and O–H groups in total. The lowest BCUT2D eigenvalue weighted by Crippen LogP contribution is -2.32. The van der Waals surface area contributed by atoms with Gasteiger partial charge in [-0.05, 0) is 25.0 Å². The van der Waals surface area contributed by atoms with Gasteiger partial charge in [0.15, 0.2) is 5.43 Å². The molecule has 1 saturated carbocycles. The summed E-state index contributed by atoms with van der Waals surface area (Å²) in [5, 5.41) is 0.648. The molecule has 0 amide bonds. The van der Waals surface area contributed by atoms with Gasteiger partial charge < -0.3 is 4.42 Å². The van der Waals surface area contributed by atoms with E-state index in [-0.39, 0.29) is 5.43 Å². The number of benzene rings is 1. The molecule has 1 aliphatic heterocycles. The Hall–Kier alpha value is -2.53. The Morgan fingerprint density at radius 2 is 2.12 bits per heavy atom. The summed E-state index contributed by atoms with van der Waals surface area (Å²) in [6.45, 7) is 2.28. The average Bonchev–Trinajstić information content (AvgIpc) is 3.49. The molecule has 3 heterocycles. The third kappa shape index (κ3) is 2.74. The normalized spacial score (nSPS) is 17.6. The van der Waals surface area contributed by atoms with Gasteiger partial charge in [-0.25, -0.2) is 9.97 Å². The second-order valence-electron chi connectivity index (χ2n) is 7.02. The molecule has 0 radical (unpaired) electrons. The number of fused-ring (bicyclic) bond motifs is 2. The largest absolute Gasteiger partial charge is 0.464 e. The molecule has 5 rings (SSSR count). The summed E-state index contributed by atoms with van der Waals surface area (Å²) >= 11 is 0. The first kappa shape index (κ1) is 14.8. The summed E-state index contributed by atoms with van der Waals surface area (Å²) in [6, 6.07) is 7.40. The van der Waals surface area contributed by atoms with E-state index in [4.69, 9.17) is 9.40 Å². The Kier molecular flexibility index (Phi) is 3.41. The van der Waals surface area contributed by atoms with Crippen LogP contribution in [-0.4, -0.2) is 21.4 Å². The van der Waals surface area contributed by atoms with Crippen LogP contribution in [0.25, 0.3) is 11.0 Å². The molecule has 0 bridgehead atoms. The van der Waals surface area contributed by atoms with Crippen LogP contribution < -0.4 is 5.43 Å². The summed E-state index contributed by atoms with van der Waals surface area (Å²) in [4.78, 5) is 24.2. The van der Waals surface area contributed by atoms with E-state index in [1.807, 2.05) is 30.5 Å². The summed E-state index contributed by atoms with van der Waals surface area (Å²) in [5.41, 5.74) is 3.77. The molecule has 1 aromatic carbocycles. The highest BCUT2D eigenvalue weighted by Gasteiger charge is 2.28. The predicted molar refractivity (Wildman–Crippen MR) is 94.3 cm³/mol. The zero-order chi connectivity index (χ0) is 16.8. The van der Waals surface area contributed by atoms with Gasteiger partial charge in [0, 0.05) is 55.0 Å². The third-order valence-electron chi connectivity index (χ3n) is 5.12. The first-order valence-corrected chi connectivity index (χ1v) is 8.84. The highest BCUT2D eigenvalue weighted by molar-refractivity contribution is 5.76. The maximum absolute atomic E-state index is 12.7. The maximum atomic E-state index is 12.7. The molecule has 2 aliphatic rings. The number of hydrogen-bond acceptors (Lipinski definition) is 5. The zero-order valence-corrected chi connectivity index (χ0v) is 13.9. The van der Waals surface area contributed by atoms with E-state index in [9.17, 15) is 4.79 Å². The van der Waals surface area contributed by atoms with Gasteiger partial charge in [0.1, 0.15) is 11.4 Å². The molecule has 5 nitrogen and oxygen atoms in total. The van der Waals surface area contributed by atoms with Crippen molar-refractivity contribution < 1.29 is 4.42 Å². The van der Waals surface area contributed by atoms with Crippen LogP contribution in [0.5, 0.6) is 0 Å². The van der Waals surface area contributed by atoms with Crippen LogP contribution in [0, 0.1) is 0 Å². The van der Waals surface area contributed by atoms with Crippen molar-refractivity contribution in [3.8, 4) is 0 Å². The van der Waals surface area contributed by atoms with Gasteiger partial charge in [0.25, 0.3) is 0 Å². The Balaban J connectivity index is 1.39. The van der Waals surface area contributed by atoms with Crippen molar-refractivity contribution in [2.45, 2.75) is 38.3 Å². The minimum atomic E-state index is 0.0629. The van der Waals surface area contributed by atoms with E-state index in [0.29, 0.717) is 29.0 Å². The molecule has 25 heavy (non-hydrogen) atoms. The van der Waals surface area contributed by atoms with Crippen molar-refractivity contribution in [2.24, 2.45) is 0 Å². The molecule has 3 aromatic rings. The van der Waals surface area contributed by atoms with Crippen molar-refractivity contribution in [1.82, 2.24) is 14.9 Å². The predicted octanol–water partition coefficient (Wildman–Crippen LogP) is 3.02. The van der Waals surface area contributed by atoms with Crippen molar-refractivity contribution in [2.75, 3.05) is 6.54 Å². The van der Waals surface area contributed by atoms with Crippen LogP contribution in [0.3, 0.4) is 0 Å². The molecule has 0 atom stereocenters. The monoisotopic (exact) mass is 333 g/mol. The lowest BCUT2D eigenvalue weighted by Gasteiger charge is -2.27. The van der Waals surface area contributed by atoms with E-state index in [1.54, 1.807) is 6.26 Å². The van der Waals surface area contributed by atoms with Gasteiger partial charge in [0.2, 0.25) is 0 Å². The van der Waals surface area contributed by atoms with Gasteiger partial charge in [0.05, 0.1) is 11.6 Å². The summed E-state index contributed by atoms with van der Waals surface area (Å²) in [7, 11) is 0. The van der Waals surface area contributed by atoms with Crippen LogP contribution in [0.2, 0.25) is 0 Å². The van der Waals surface area contributed by atoms with Crippen molar-refractivity contribution in [3.63, 3.8) is 0 Å². The first-order valence-electron chi connectivity index (χ1n) is 8.84. The highest BCUT2D eigenvalue weighted by Crippen LogP contribution is 2.38.